The van der Waals surface area contributed by atoms with Crippen LogP contribution in [0, 0.1) is 17.7 Å². The summed E-state index contributed by atoms with van der Waals surface area (Å²) in [5.41, 5.74) is 10.7. The SMILES string of the molecule is C=C(Nc1ccc(N=C(C=C(N)C2CC2)C2CC2)c(F)c1)Nc1ccc2ncccc2c1. The van der Waals surface area contributed by atoms with Crippen LogP contribution in [-0.2, 0) is 0 Å². The third kappa shape index (κ3) is 4.80. The molecule has 2 saturated carbocycles. The number of pyridine rings is 1. The van der Waals surface area contributed by atoms with Crippen LogP contribution in [0.4, 0.5) is 21.5 Å². The molecule has 6 heteroatoms. The Morgan fingerprint density at radius 2 is 1.75 bits per heavy atom. The molecule has 0 bridgehead atoms. The summed E-state index contributed by atoms with van der Waals surface area (Å²) in [5, 5.41) is 7.34. The number of nitrogens with zero attached hydrogens (tertiary/aromatic N) is 2. The van der Waals surface area contributed by atoms with Gasteiger partial charge in [0.15, 0.2) is 5.82 Å². The molecular weight excluding hydrogens is 401 g/mol. The van der Waals surface area contributed by atoms with E-state index in [0.29, 0.717) is 29.0 Å². The van der Waals surface area contributed by atoms with Crippen molar-refractivity contribution in [1.29, 1.82) is 0 Å². The van der Waals surface area contributed by atoms with Gasteiger partial charge in [-0.3, -0.25) is 9.98 Å². The molecule has 0 spiro atoms. The van der Waals surface area contributed by atoms with Crippen molar-refractivity contribution in [2.75, 3.05) is 10.6 Å². The zero-order valence-corrected chi connectivity index (χ0v) is 17.8. The smallest absolute Gasteiger partial charge is 0.150 e. The van der Waals surface area contributed by atoms with Crippen molar-refractivity contribution in [3.8, 4) is 0 Å². The number of nitrogens with two attached hydrogens (primary N) is 1. The van der Waals surface area contributed by atoms with E-state index in [2.05, 4.69) is 27.2 Å². The minimum absolute atomic E-state index is 0.331. The lowest BCUT2D eigenvalue weighted by molar-refractivity contribution is 0.630. The van der Waals surface area contributed by atoms with Gasteiger partial charge < -0.3 is 16.4 Å². The Kier molecular flexibility index (Phi) is 5.35. The summed E-state index contributed by atoms with van der Waals surface area (Å²) in [6, 6.07) is 14.7. The van der Waals surface area contributed by atoms with Crippen molar-refractivity contribution in [1.82, 2.24) is 4.98 Å². The van der Waals surface area contributed by atoms with Crippen LogP contribution in [0.5, 0.6) is 0 Å². The molecule has 0 unspecified atom stereocenters. The third-order valence-electron chi connectivity index (χ3n) is 5.75. The van der Waals surface area contributed by atoms with Crippen molar-refractivity contribution in [3.63, 3.8) is 0 Å². The van der Waals surface area contributed by atoms with Crippen LogP contribution < -0.4 is 16.4 Å². The summed E-state index contributed by atoms with van der Waals surface area (Å²) in [6.45, 7) is 4.00. The highest BCUT2D eigenvalue weighted by atomic mass is 19.1. The Hall–Kier alpha value is -3.67. The van der Waals surface area contributed by atoms with E-state index in [1.807, 2.05) is 36.4 Å². The van der Waals surface area contributed by atoms with E-state index in [1.165, 1.54) is 6.07 Å². The Morgan fingerprint density at radius 1 is 1.03 bits per heavy atom. The predicted octanol–water partition coefficient (Wildman–Crippen LogP) is 6.10. The number of benzene rings is 2. The lowest BCUT2D eigenvalue weighted by Crippen LogP contribution is -2.08. The maximum Gasteiger partial charge on any atom is 0.150 e. The molecule has 2 aliphatic carbocycles. The highest BCUT2D eigenvalue weighted by Gasteiger charge is 2.29. The lowest BCUT2D eigenvalue weighted by atomic mass is 10.1. The Morgan fingerprint density at radius 3 is 2.47 bits per heavy atom. The van der Waals surface area contributed by atoms with E-state index < -0.39 is 0 Å². The van der Waals surface area contributed by atoms with Crippen molar-refractivity contribution in [2.45, 2.75) is 25.7 Å². The molecule has 4 N–H and O–H groups in total. The van der Waals surface area contributed by atoms with Crippen molar-refractivity contribution in [2.24, 2.45) is 22.6 Å². The number of hydrogen-bond acceptors (Lipinski definition) is 5. The second kappa shape index (κ2) is 8.46. The first kappa shape index (κ1) is 20.2. The van der Waals surface area contributed by atoms with Gasteiger partial charge in [-0.15, -0.1) is 0 Å². The van der Waals surface area contributed by atoms with Crippen LogP contribution in [0.1, 0.15) is 25.7 Å². The van der Waals surface area contributed by atoms with Crippen LogP contribution in [0.3, 0.4) is 0 Å². The van der Waals surface area contributed by atoms with Gasteiger partial charge in [-0.1, -0.05) is 12.6 Å². The highest BCUT2D eigenvalue weighted by Crippen LogP contribution is 2.37. The lowest BCUT2D eigenvalue weighted by Gasteiger charge is -2.13. The van der Waals surface area contributed by atoms with Gasteiger partial charge in [-0.25, -0.2) is 4.39 Å². The standard InChI is InChI=1S/C26H26FN5/c1-16(30-20-8-10-24-19(13-20)3-2-12-29-24)31-21-9-11-25(22(27)14-21)32-26(18-6-7-18)15-23(28)17-4-5-17/h2-3,8-15,17-18,30-31H,1,4-7,28H2. The fourth-order valence-electron chi connectivity index (χ4n) is 3.67. The van der Waals surface area contributed by atoms with Gasteiger partial charge >= 0.3 is 0 Å². The van der Waals surface area contributed by atoms with Gasteiger partial charge in [0.1, 0.15) is 5.82 Å². The first-order valence-electron chi connectivity index (χ1n) is 11.0. The fraction of sp³-hybridized carbons (Fsp3) is 0.231. The molecule has 0 saturated heterocycles. The van der Waals surface area contributed by atoms with Crippen LogP contribution >= 0.6 is 0 Å². The number of halogens is 1. The Labute approximate surface area is 187 Å². The molecule has 0 radical (unpaired) electrons. The molecule has 5 rings (SSSR count). The van der Waals surface area contributed by atoms with Crippen molar-refractivity contribution in [3.05, 3.63) is 84.7 Å². The molecular formula is C26H26FN5. The molecule has 2 fully saturated rings. The number of aliphatic imine (C=N–C) groups is 1. The molecule has 5 nitrogen and oxygen atoms in total. The van der Waals surface area contributed by atoms with E-state index in [-0.39, 0.29) is 5.82 Å². The Balaban J connectivity index is 1.28. The Bertz CT molecular complexity index is 1240. The average molecular weight is 428 g/mol. The van der Waals surface area contributed by atoms with E-state index in [9.17, 15) is 4.39 Å². The van der Waals surface area contributed by atoms with E-state index in [1.54, 1.807) is 18.3 Å². The number of allylic oxidation sites excluding steroid dienone is 2. The van der Waals surface area contributed by atoms with Gasteiger partial charge in [0.05, 0.1) is 11.2 Å². The van der Waals surface area contributed by atoms with Gasteiger partial charge in [0.2, 0.25) is 0 Å². The summed E-state index contributed by atoms with van der Waals surface area (Å²) in [4.78, 5) is 8.92. The number of aromatic nitrogens is 1. The largest absolute Gasteiger partial charge is 0.402 e. The molecule has 2 aliphatic rings. The summed E-state index contributed by atoms with van der Waals surface area (Å²) < 4.78 is 14.8. The maximum absolute atomic E-state index is 14.8. The second-order valence-electron chi connectivity index (χ2n) is 8.54. The second-order valence-corrected chi connectivity index (χ2v) is 8.54. The highest BCUT2D eigenvalue weighted by molar-refractivity contribution is 6.00. The zero-order chi connectivity index (χ0) is 22.1. The van der Waals surface area contributed by atoms with Crippen LogP contribution in [0.25, 0.3) is 10.9 Å². The molecule has 0 aliphatic heterocycles. The van der Waals surface area contributed by atoms with E-state index in [0.717, 1.165) is 53.7 Å². The van der Waals surface area contributed by atoms with Gasteiger partial charge in [0, 0.05) is 40.3 Å². The normalized spacial score (nSPS) is 16.8. The zero-order valence-electron chi connectivity index (χ0n) is 17.8. The molecule has 162 valence electrons. The van der Waals surface area contributed by atoms with E-state index in [4.69, 9.17) is 5.73 Å². The third-order valence-corrected chi connectivity index (χ3v) is 5.75. The summed E-state index contributed by atoms with van der Waals surface area (Å²) in [7, 11) is 0. The number of fused-ring (bicyclic) bond motifs is 1. The number of anilines is 2. The van der Waals surface area contributed by atoms with Crippen molar-refractivity contribution >= 4 is 33.7 Å². The average Bonchev–Trinajstić information content (AvgIpc) is 3.68. The molecule has 1 heterocycles. The molecule has 3 aromatic rings. The van der Waals surface area contributed by atoms with Crippen LogP contribution in [0.2, 0.25) is 0 Å². The molecule has 0 amide bonds. The van der Waals surface area contributed by atoms with Gasteiger partial charge in [-0.05, 0) is 80.1 Å². The van der Waals surface area contributed by atoms with E-state index >= 15 is 0 Å². The van der Waals surface area contributed by atoms with Gasteiger partial charge in [-0.2, -0.15) is 0 Å². The molecule has 2 aromatic carbocycles. The topological polar surface area (TPSA) is 75.3 Å². The molecule has 0 atom stereocenters. The predicted molar refractivity (Wildman–Crippen MR) is 129 cm³/mol. The van der Waals surface area contributed by atoms with Crippen LogP contribution in [0.15, 0.2) is 83.9 Å². The van der Waals surface area contributed by atoms with Gasteiger partial charge in [0.25, 0.3) is 0 Å². The first-order valence-corrected chi connectivity index (χ1v) is 11.0. The summed E-state index contributed by atoms with van der Waals surface area (Å²) >= 11 is 0. The number of nitrogens with one attached hydrogen (secondary N) is 2. The van der Waals surface area contributed by atoms with Crippen molar-refractivity contribution < 1.29 is 4.39 Å². The van der Waals surface area contributed by atoms with Crippen LogP contribution in [-0.4, -0.2) is 10.7 Å². The first-order chi connectivity index (χ1) is 15.5. The number of hydrogen-bond donors (Lipinski definition) is 3. The fourth-order valence-corrected chi connectivity index (χ4v) is 3.67. The summed E-state index contributed by atoms with van der Waals surface area (Å²) in [6.07, 6.45) is 8.19. The molecule has 1 aromatic heterocycles. The minimum Gasteiger partial charge on any atom is -0.402 e. The quantitative estimate of drug-likeness (QED) is 0.380. The molecule has 32 heavy (non-hydrogen) atoms. The monoisotopic (exact) mass is 427 g/mol. The minimum atomic E-state index is -0.379. The summed E-state index contributed by atoms with van der Waals surface area (Å²) in [5.74, 6) is 1.04. The maximum atomic E-state index is 14.8. The number of rotatable bonds is 8.